The van der Waals surface area contributed by atoms with Crippen LogP contribution in [0.4, 0.5) is 5.13 Å². The van der Waals surface area contributed by atoms with Crippen molar-refractivity contribution in [2.45, 2.75) is 19.3 Å². The summed E-state index contributed by atoms with van der Waals surface area (Å²) in [6, 6.07) is 8.04. The molecule has 2 aromatic rings. The number of anilines is 1. The monoisotopic (exact) mass is 284 g/mol. The molecule has 1 N–H and O–H groups in total. The van der Waals surface area contributed by atoms with E-state index in [0.29, 0.717) is 11.8 Å². The zero-order valence-electron chi connectivity index (χ0n) is 11.1. The number of nitrogens with zero attached hydrogens (tertiary/aromatic N) is 1. The van der Waals surface area contributed by atoms with Crippen molar-refractivity contribution >= 4 is 32.6 Å². The maximum absolute atomic E-state index is 12.4. The molecule has 3 saturated carbocycles. The Morgan fingerprint density at radius 2 is 1.95 bits per heavy atom. The third-order valence-corrected chi connectivity index (χ3v) is 6.51. The minimum Gasteiger partial charge on any atom is -0.302 e. The second-order valence-electron chi connectivity index (χ2n) is 6.49. The van der Waals surface area contributed by atoms with E-state index in [4.69, 9.17) is 0 Å². The molecule has 4 heteroatoms. The van der Waals surface area contributed by atoms with Crippen molar-refractivity contribution in [3.05, 3.63) is 24.3 Å². The number of rotatable bonds is 2. The molecule has 2 bridgehead atoms. The quantitative estimate of drug-likeness (QED) is 0.916. The highest BCUT2D eigenvalue weighted by atomic mass is 32.1. The Morgan fingerprint density at radius 3 is 2.70 bits per heavy atom. The van der Waals surface area contributed by atoms with Crippen LogP contribution in [-0.2, 0) is 4.79 Å². The molecule has 1 unspecified atom stereocenters. The largest absolute Gasteiger partial charge is 0.302 e. The third-order valence-electron chi connectivity index (χ3n) is 5.56. The van der Waals surface area contributed by atoms with E-state index in [-0.39, 0.29) is 11.8 Å². The number of benzene rings is 1. The van der Waals surface area contributed by atoms with Crippen LogP contribution < -0.4 is 5.32 Å². The van der Waals surface area contributed by atoms with Gasteiger partial charge in [-0.3, -0.25) is 4.79 Å². The zero-order valence-corrected chi connectivity index (χ0v) is 11.9. The average Bonchev–Trinajstić information content (AvgIpc) is 2.78. The van der Waals surface area contributed by atoms with E-state index in [2.05, 4.69) is 16.4 Å². The predicted octanol–water partition coefficient (Wildman–Crippen LogP) is 3.53. The summed E-state index contributed by atoms with van der Waals surface area (Å²) >= 11 is 1.57. The van der Waals surface area contributed by atoms with Crippen molar-refractivity contribution in [1.29, 1.82) is 0 Å². The summed E-state index contributed by atoms with van der Waals surface area (Å²) in [5, 5.41) is 3.82. The van der Waals surface area contributed by atoms with Crippen molar-refractivity contribution in [3.63, 3.8) is 0 Å². The standard InChI is InChI=1S/C16H16N2OS/c19-15(14-12-8-5-6-9(7-8)13(12)14)18-16-17-10-3-1-2-4-11(10)20-16/h1-4,8-9,12-14H,5-7H2,(H,17,18,19)/t8-,9-,12-,13+,14?/m0/s1. The highest BCUT2D eigenvalue weighted by Gasteiger charge is 2.67. The van der Waals surface area contributed by atoms with Gasteiger partial charge in [-0.25, -0.2) is 4.98 Å². The Hall–Kier alpha value is -1.42. The molecule has 1 amide bonds. The van der Waals surface area contributed by atoms with Crippen molar-refractivity contribution in [1.82, 2.24) is 4.98 Å². The summed E-state index contributed by atoms with van der Waals surface area (Å²) in [5.41, 5.74) is 0.976. The second kappa shape index (κ2) is 3.82. The van der Waals surface area contributed by atoms with Crippen LogP contribution in [-0.4, -0.2) is 10.9 Å². The summed E-state index contributed by atoms with van der Waals surface area (Å²) in [6.45, 7) is 0. The lowest BCUT2D eigenvalue weighted by molar-refractivity contribution is -0.118. The van der Waals surface area contributed by atoms with Gasteiger partial charge in [-0.05, 0) is 55.1 Å². The van der Waals surface area contributed by atoms with Crippen LogP contribution >= 0.6 is 11.3 Å². The molecule has 102 valence electrons. The van der Waals surface area contributed by atoms with Crippen molar-refractivity contribution in [3.8, 4) is 0 Å². The molecule has 1 heterocycles. The van der Waals surface area contributed by atoms with E-state index in [9.17, 15) is 4.79 Å². The minimum absolute atomic E-state index is 0.218. The molecule has 3 aliphatic carbocycles. The Kier molecular flexibility index (Phi) is 2.15. The molecule has 1 aromatic carbocycles. The molecular weight excluding hydrogens is 268 g/mol. The number of thiazole rings is 1. The van der Waals surface area contributed by atoms with Gasteiger partial charge in [0, 0.05) is 5.92 Å². The Morgan fingerprint density at radius 1 is 1.20 bits per heavy atom. The molecule has 0 radical (unpaired) electrons. The maximum atomic E-state index is 12.4. The Balaban J connectivity index is 1.36. The van der Waals surface area contributed by atoms with Gasteiger partial charge < -0.3 is 5.32 Å². The van der Waals surface area contributed by atoms with Gasteiger partial charge in [-0.2, -0.15) is 0 Å². The number of fused-ring (bicyclic) bond motifs is 6. The molecule has 0 spiro atoms. The topological polar surface area (TPSA) is 42.0 Å². The van der Waals surface area contributed by atoms with Crippen LogP contribution in [0.3, 0.4) is 0 Å². The Bertz CT molecular complexity index is 660. The SMILES string of the molecule is O=C(Nc1nc2ccccc2s1)C1[C@@H]2[C@H]3CC[C@@H](C3)[C@H]12. The smallest absolute Gasteiger partial charge is 0.229 e. The van der Waals surface area contributed by atoms with Gasteiger partial charge >= 0.3 is 0 Å². The van der Waals surface area contributed by atoms with E-state index in [1.165, 1.54) is 19.3 Å². The number of carbonyl (C=O) groups excluding carboxylic acids is 1. The third kappa shape index (κ3) is 1.46. The second-order valence-corrected chi connectivity index (χ2v) is 7.52. The van der Waals surface area contributed by atoms with Gasteiger partial charge in [-0.1, -0.05) is 23.5 Å². The van der Waals surface area contributed by atoms with Gasteiger partial charge in [0.15, 0.2) is 5.13 Å². The molecule has 3 nitrogen and oxygen atoms in total. The van der Waals surface area contributed by atoms with Gasteiger partial charge in [0.1, 0.15) is 0 Å². The summed E-state index contributed by atoms with van der Waals surface area (Å²) < 4.78 is 1.14. The summed E-state index contributed by atoms with van der Waals surface area (Å²) in [5.74, 6) is 3.59. The van der Waals surface area contributed by atoms with Crippen molar-refractivity contribution < 1.29 is 4.79 Å². The van der Waals surface area contributed by atoms with Crippen LogP contribution in [0.2, 0.25) is 0 Å². The van der Waals surface area contributed by atoms with Gasteiger partial charge in [0.2, 0.25) is 5.91 Å². The van der Waals surface area contributed by atoms with E-state index in [0.717, 1.165) is 27.2 Å². The van der Waals surface area contributed by atoms with Gasteiger partial charge in [0.05, 0.1) is 10.2 Å². The molecule has 5 rings (SSSR count). The number of carbonyl (C=O) groups is 1. The predicted molar refractivity (Wildman–Crippen MR) is 79.6 cm³/mol. The fourth-order valence-corrected chi connectivity index (χ4v) is 5.66. The number of hydrogen-bond donors (Lipinski definition) is 1. The number of aromatic nitrogens is 1. The lowest BCUT2D eigenvalue weighted by Gasteiger charge is -2.07. The van der Waals surface area contributed by atoms with Crippen molar-refractivity contribution in [2.75, 3.05) is 5.32 Å². The van der Waals surface area contributed by atoms with E-state index in [1.54, 1.807) is 11.3 Å². The molecular formula is C16H16N2OS. The van der Waals surface area contributed by atoms with Crippen LogP contribution in [0.25, 0.3) is 10.2 Å². The van der Waals surface area contributed by atoms with E-state index < -0.39 is 0 Å². The molecule has 3 aliphatic rings. The molecule has 0 saturated heterocycles. The number of para-hydroxylation sites is 1. The lowest BCUT2D eigenvalue weighted by Crippen LogP contribution is -2.18. The summed E-state index contributed by atoms with van der Waals surface area (Å²) in [7, 11) is 0. The van der Waals surface area contributed by atoms with E-state index >= 15 is 0 Å². The normalized spacial score (nSPS) is 37.1. The van der Waals surface area contributed by atoms with Gasteiger partial charge in [0.25, 0.3) is 0 Å². The summed E-state index contributed by atoms with van der Waals surface area (Å²) in [4.78, 5) is 16.9. The van der Waals surface area contributed by atoms with Crippen LogP contribution in [0, 0.1) is 29.6 Å². The van der Waals surface area contributed by atoms with E-state index in [1.807, 2.05) is 18.2 Å². The summed E-state index contributed by atoms with van der Waals surface area (Å²) in [6.07, 6.45) is 4.10. The lowest BCUT2D eigenvalue weighted by atomic mass is 10.0. The number of hydrogen-bond acceptors (Lipinski definition) is 3. The first kappa shape index (κ1) is 11.3. The van der Waals surface area contributed by atoms with Crippen LogP contribution in [0.15, 0.2) is 24.3 Å². The highest BCUT2D eigenvalue weighted by Crippen LogP contribution is 2.69. The van der Waals surface area contributed by atoms with Crippen LogP contribution in [0.5, 0.6) is 0 Å². The van der Waals surface area contributed by atoms with Gasteiger partial charge in [-0.15, -0.1) is 0 Å². The molecule has 1 aromatic heterocycles. The first-order valence-corrected chi connectivity index (χ1v) is 8.29. The first-order valence-electron chi connectivity index (χ1n) is 7.48. The van der Waals surface area contributed by atoms with Crippen molar-refractivity contribution in [2.24, 2.45) is 29.6 Å². The fourth-order valence-electron chi connectivity index (χ4n) is 4.79. The average molecular weight is 284 g/mol. The zero-order chi connectivity index (χ0) is 13.3. The Labute approximate surface area is 121 Å². The minimum atomic E-state index is 0.218. The highest BCUT2D eigenvalue weighted by molar-refractivity contribution is 7.22. The molecule has 5 atom stereocenters. The van der Waals surface area contributed by atoms with Crippen LogP contribution in [0.1, 0.15) is 19.3 Å². The molecule has 0 aliphatic heterocycles. The maximum Gasteiger partial charge on any atom is 0.229 e. The fraction of sp³-hybridized carbons (Fsp3) is 0.500. The number of nitrogens with one attached hydrogen (secondary N) is 1. The molecule has 20 heavy (non-hydrogen) atoms. The molecule has 3 fully saturated rings. The number of amides is 1. The first-order chi connectivity index (χ1) is 9.81.